The Morgan fingerprint density at radius 3 is 2.48 bits per heavy atom. The van der Waals surface area contributed by atoms with Gasteiger partial charge < -0.3 is 15.0 Å². The standard InChI is InChI=1S/C21H19ClN2O2S/c22-17-8-4-5-9-18(17)23-20(25)19-14-16(15-6-2-1-3-7-15)21(27-19)24-10-12-26-13-11-24/h1-9,14H,10-13H2,(H,23,25). The van der Waals surface area contributed by atoms with Crippen LogP contribution in [0.1, 0.15) is 9.67 Å². The van der Waals surface area contributed by atoms with Crippen LogP contribution in [0, 0.1) is 0 Å². The van der Waals surface area contributed by atoms with Gasteiger partial charge >= 0.3 is 0 Å². The molecule has 6 heteroatoms. The van der Waals surface area contributed by atoms with E-state index < -0.39 is 0 Å². The molecule has 4 rings (SSSR count). The predicted molar refractivity (Wildman–Crippen MR) is 112 cm³/mol. The van der Waals surface area contributed by atoms with E-state index in [0.29, 0.717) is 28.8 Å². The van der Waals surface area contributed by atoms with E-state index in [2.05, 4.69) is 22.3 Å². The number of carbonyl (C=O) groups excluding carboxylic acids is 1. The fourth-order valence-corrected chi connectivity index (χ4v) is 4.38. The van der Waals surface area contributed by atoms with Crippen molar-refractivity contribution in [3.63, 3.8) is 0 Å². The van der Waals surface area contributed by atoms with Gasteiger partial charge in [0.25, 0.3) is 5.91 Å². The number of nitrogens with zero attached hydrogens (tertiary/aromatic N) is 1. The zero-order valence-electron chi connectivity index (χ0n) is 14.7. The number of hydrogen-bond donors (Lipinski definition) is 1. The summed E-state index contributed by atoms with van der Waals surface area (Å²) in [6.45, 7) is 3.05. The van der Waals surface area contributed by atoms with Crippen molar-refractivity contribution in [1.29, 1.82) is 0 Å². The lowest BCUT2D eigenvalue weighted by atomic mass is 10.1. The zero-order chi connectivity index (χ0) is 18.6. The number of carbonyl (C=O) groups is 1. The SMILES string of the molecule is O=C(Nc1ccccc1Cl)c1cc(-c2ccccc2)c(N2CCOCC2)s1. The molecule has 0 radical (unpaired) electrons. The average Bonchev–Trinajstić information content (AvgIpc) is 3.17. The number of thiophene rings is 1. The molecule has 1 saturated heterocycles. The normalized spacial score (nSPS) is 14.2. The van der Waals surface area contributed by atoms with Gasteiger partial charge in [0.05, 0.1) is 33.8 Å². The highest BCUT2D eigenvalue weighted by Gasteiger charge is 2.22. The molecule has 2 heterocycles. The van der Waals surface area contributed by atoms with Crippen LogP contribution in [-0.4, -0.2) is 32.2 Å². The molecule has 2 aromatic carbocycles. The van der Waals surface area contributed by atoms with Gasteiger partial charge in [-0.2, -0.15) is 0 Å². The van der Waals surface area contributed by atoms with Gasteiger partial charge in [0.15, 0.2) is 0 Å². The lowest BCUT2D eigenvalue weighted by Crippen LogP contribution is -2.35. The monoisotopic (exact) mass is 398 g/mol. The molecule has 1 aliphatic heterocycles. The minimum atomic E-state index is -0.148. The molecule has 0 saturated carbocycles. The third-order valence-corrected chi connectivity index (χ3v) is 5.97. The number of halogens is 1. The first-order valence-corrected chi connectivity index (χ1v) is 9.99. The quantitative estimate of drug-likeness (QED) is 0.660. The number of nitrogens with one attached hydrogen (secondary N) is 1. The van der Waals surface area contributed by atoms with Gasteiger partial charge in [-0.1, -0.05) is 54.1 Å². The Bertz CT molecular complexity index is 936. The molecule has 0 atom stereocenters. The second-order valence-corrected chi connectivity index (χ2v) is 7.67. The topological polar surface area (TPSA) is 41.6 Å². The lowest BCUT2D eigenvalue weighted by molar-refractivity contribution is 0.103. The number of rotatable bonds is 4. The Kier molecular flexibility index (Phi) is 5.43. The van der Waals surface area contributed by atoms with Crippen LogP contribution in [0.3, 0.4) is 0 Å². The molecule has 1 amide bonds. The highest BCUT2D eigenvalue weighted by Crippen LogP contribution is 2.39. The summed E-state index contributed by atoms with van der Waals surface area (Å²) in [6.07, 6.45) is 0. The summed E-state index contributed by atoms with van der Waals surface area (Å²) in [6, 6.07) is 19.4. The van der Waals surface area contributed by atoms with E-state index in [0.717, 1.165) is 29.2 Å². The smallest absolute Gasteiger partial charge is 0.265 e. The summed E-state index contributed by atoms with van der Waals surface area (Å²) in [4.78, 5) is 15.8. The predicted octanol–water partition coefficient (Wildman–Crippen LogP) is 5.16. The summed E-state index contributed by atoms with van der Waals surface area (Å²) in [5.41, 5.74) is 2.80. The van der Waals surface area contributed by atoms with Crippen molar-refractivity contribution in [3.05, 3.63) is 70.6 Å². The van der Waals surface area contributed by atoms with Gasteiger partial charge in [0.1, 0.15) is 0 Å². The summed E-state index contributed by atoms with van der Waals surface area (Å²) in [5, 5.41) is 4.55. The van der Waals surface area contributed by atoms with Crippen LogP contribution in [-0.2, 0) is 4.74 Å². The van der Waals surface area contributed by atoms with E-state index >= 15 is 0 Å². The van der Waals surface area contributed by atoms with Gasteiger partial charge in [-0.3, -0.25) is 4.79 Å². The molecule has 0 spiro atoms. The molecular weight excluding hydrogens is 380 g/mol. The summed E-state index contributed by atoms with van der Waals surface area (Å²) < 4.78 is 5.48. The molecule has 0 aliphatic carbocycles. The first-order chi connectivity index (χ1) is 13.2. The molecule has 1 aliphatic rings. The Morgan fingerprint density at radius 2 is 1.74 bits per heavy atom. The second kappa shape index (κ2) is 8.13. The fourth-order valence-electron chi connectivity index (χ4n) is 3.07. The number of anilines is 2. The van der Waals surface area contributed by atoms with Crippen molar-refractivity contribution in [1.82, 2.24) is 0 Å². The van der Waals surface area contributed by atoms with Crippen molar-refractivity contribution in [2.24, 2.45) is 0 Å². The first kappa shape index (κ1) is 18.0. The van der Waals surface area contributed by atoms with Gasteiger partial charge in [-0.15, -0.1) is 11.3 Å². The molecule has 3 aromatic rings. The molecule has 4 nitrogen and oxygen atoms in total. The van der Waals surface area contributed by atoms with Gasteiger partial charge in [-0.05, 0) is 23.8 Å². The molecule has 0 bridgehead atoms. The van der Waals surface area contributed by atoms with Crippen LogP contribution in [0.2, 0.25) is 5.02 Å². The minimum Gasteiger partial charge on any atom is -0.378 e. The Morgan fingerprint density at radius 1 is 1.04 bits per heavy atom. The highest BCUT2D eigenvalue weighted by atomic mass is 35.5. The number of ether oxygens (including phenoxy) is 1. The third-order valence-electron chi connectivity index (χ3n) is 4.44. The largest absolute Gasteiger partial charge is 0.378 e. The number of hydrogen-bond acceptors (Lipinski definition) is 4. The molecule has 0 unspecified atom stereocenters. The van der Waals surface area contributed by atoms with E-state index in [-0.39, 0.29) is 5.91 Å². The van der Waals surface area contributed by atoms with Crippen LogP contribution in [0.15, 0.2) is 60.7 Å². The molecule has 1 aromatic heterocycles. The van der Waals surface area contributed by atoms with Crippen molar-refractivity contribution in [2.75, 3.05) is 36.5 Å². The maximum absolute atomic E-state index is 12.8. The Hall–Kier alpha value is -2.34. The third kappa shape index (κ3) is 4.00. The van der Waals surface area contributed by atoms with Crippen molar-refractivity contribution in [3.8, 4) is 11.1 Å². The number of morpholine rings is 1. The van der Waals surface area contributed by atoms with E-state index in [4.69, 9.17) is 16.3 Å². The van der Waals surface area contributed by atoms with Crippen molar-refractivity contribution < 1.29 is 9.53 Å². The molecule has 27 heavy (non-hydrogen) atoms. The number of amides is 1. The Labute approximate surface area is 167 Å². The van der Waals surface area contributed by atoms with Gasteiger partial charge in [0.2, 0.25) is 0 Å². The second-order valence-electron chi connectivity index (χ2n) is 6.23. The number of para-hydroxylation sites is 1. The van der Waals surface area contributed by atoms with Gasteiger partial charge in [0, 0.05) is 18.7 Å². The molecule has 1 fully saturated rings. The maximum Gasteiger partial charge on any atom is 0.265 e. The number of benzene rings is 2. The van der Waals surface area contributed by atoms with Crippen LogP contribution in [0.25, 0.3) is 11.1 Å². The van der Waals surface area contributed by atoms with E-state index in [1.165, 1.54) is 11.3 Å². The van der Waals surface area contributed by atoms with E-state index in [1.807, 2.05) is 36.4 Å². The maximum atomic E-state index is 12.8. The summed E-state index contributed by atoms with van der Waals surface area (Å²) in [7, 11) is 0. The molecule has 1 N–H and O–H groups in total. The first-order valence-electron chi connectivity index (χ1n) is 8.80. The fraction of sp³-hybridized carbons (Fsp3) is 0.190. The Balaban J connectivity index is 1.68. The van der Waals surface area contributed by atoms with E-state index in [1.54, 1.807) is 12.1 Å². The summed E-state index contributed by atoms with van der Waals surface area (Å²) in [5.74, 6) is -0.148. The molecule has 138 valence electrons. The van der Waals surface area contributed by atoms with Crippen LogP contribution < -0.4 is 10.2 Å². The molecular formula is C21H19ClN2O2S. The highest BCUT2D eigenvalue weighted by molar-refractivity contribution is 7.18. The summed E-state index contributed by atoms with van der Waals surface area (Å²) >= 11 is 7.69. The van der Waals surface area contributed by atoms with Crippen LogP contribution in [0.4, 0.5) is 10.7 Å². The zero-order valence-corrected chi connectivity index (χ0v) is 16.2. The average molecular weight is 399 g/mol. The van der Waals surface area contributed by atoms with Crippen molar-refractivity contribution >= 4 is 39.5 Å². The van der Waals surface area contributed by atoms with Crippen molar-refractivity contribution in [2.45, 2.75) is 0 Å². The lowest BCUT2D eigenvalue weighted by Gasteiger charge is -2.28. The van der Waals surface area contributed by atoms with Crippen LogP contribution in [0.5, 0.6) is 0 Å². The van der Waals surface area contributed by atoms with Crippen LogP contribution >= 0.6 is 22.9 Å². The minimum absolute atomic E-state index is 0.148. The van der Waals surface area contributed by atoms with E-state index in [9.17, 15) is 4.79 Å². The van der Waals surface area contributed by atoms with Gasteiger partial charge in [-0.25, -0.2) is 0 Å².